The average molecular weight is 381 g/mol. The van der Waals surface area contributed by atoms with E-state index in [9.17, 15) is 23.1 Å². The highest BCUT2D eigenvalue weighted by Crippen LogP contribution is 2.36. The van der Waals surface area contributed by atoms with Crippen LogP contribution in [0.15, 0.2) is 30.7 Å². The Bertz CT molecular complexity index is 998. The van der Waals surface area contributed by atoms with Crippen LogP contribution in [0.5, 0.6) is 0 Å². The van der Waals surface area contributed by atoms with Gasteiger partial charge in [-0.2, -0.15) is 18.3 Å². The molecule has 0 aliphatic rings. The Labute approximate surface area is 152 Å². The zero-order valence-electron chi connectivity index (χ0n) is 14.9. The van der Waals surface area contributed by atoms with Gasteiger partial charge in [0.1, 0.15) is 0 Å². The standard InChI is InChI=1S/C17H18F3N5O2/c1-16(2,27)7-13(26)22-15-14(10-8-21-24(3)9-10)12-6-11(17(18,19)20)4-5-25(12)23-15/h4-6,8-9,27H,7H2,1-3H3,(H,22,23,26). The first-order chi connectivity index (χ1) is 12.4. The third-order valence-corrected chi connectivity index (χ3v) is 3.81. The number of rotatable bonds is 4. The van der Waals surface area contributed by atoms with Crippen LogP contribution in [0.25, 0.3) is 16.6 Å². The van der Waals surface area contributed by atoms with Crippen molar-refractivity contribution in [3.8, 4) is 11.1 Å². The van der Waals surface area contributed by atoms with Gasteiger partial charge in [0.05, 0.1) is 34.9 Å². The van der Waals surface area contributed by atoms with Crippen LogP contribution in [0.1, 0.15) is 25.8 Å². The van der Waals surface area contributed by atoms with Crippen LogP contribution in [0.4, 0.5) is 19.0 Å². The summed E-state index contributed by atoms with van der Waals surface area (Å²) in [7, 11) is 1.67. The number of carbonyl (C=O) groups excluding carboxylic acids is 1. The SMILES string of the molecule is Cn1cc(-c2c(NC(=O)CC(C)(C)O)nn3ccc(C(F)(F)F)cc23)cn1. The first kappa shape index (κ1) is 18.9. The molecule has 0 aliphatic carbocycles. The highest BCUT2D eigenvalue weighted by atomic mass is 19.4. The van der Waals surface area contributed by atoms with Crippen LogP contribution in [0.3, 0.4) is 0 Å². The Morgan fingerprint density at radius 2 is 2.04 bits per heavy atom. The molecular weight excluding hydrogens is 363 g/mol. The van der Waals surface area contributed by atoms with Crippen molar-refractivity contribution in [3.63, 3.8) is 0 Å². The maximum absolute atomic E-state index is 13.1. The maximum atomic E-state index is 13.1. The maximum Gasteiger partial charge on any atom is 0.416 e. The number of nitrogens with one attached hydrogen (secondary N) is 1. The van der Waals surface area contributed by atoms with E-state index in [-0.39, 0.29) is 17.8 Å². The predicted octanol–water partition coefficient (Wildman–Crippen LogP) is 2.85. The predicted molar refractivity (Wildman–Crippen MR) is 91.9 cm³/mol. The third-order valence-electron chi connectivity index (χ3n) is 3.81. The highest BCUT2D eigenvalue weighted by molar-refractivity contribution is 5.98. The van der Waals surface area contributed by atoms with Gasteiger partial charge >= 0.3 is 6.18 Å². The summed E-state index contributed by atoms with van der Waals surface area (Å²) in [6.45, 7) is 2.96. The number of hydrogen-bond donors (Lipinski definition) is 2. The molecule has 0 aromatic carbocycles. The van der Waals surface area contributed by atoms with Crippen LogP contribution in [0.2, 0.25) is 0 Å². The fourth-order valence-electron chi connectivity index (χ4n) is 2.71. The largest absolute Gasteiger partial charge is 0.416 e. The Hall–Kier alpha value is -2.88. The number of aryl methyl sites for hydroxylation is 1. The second kappa shape index (κ2) is 6.38. The topological polar surface area (TPSA) is 84.5 Å². The van der Waals surface area contributed by atoms with Crippen LogP contribution < -0.4 is 5.32 Å². The van der Waals surface area contributed by atoms with E-state index in [0.29, 0.717) is 11.1 Å². The van der Waals surface area contributed by atoms with E-state index in [0.717, 1.165) is 12.1 Å². The molecule has 7 nitrogen and oxygen atoms in total. The lowest BCUT2D eigenvalue weighted by Gasteiger charge is -2.15. The molecule has 10 heteroatoms. The van der Waals surface area contributed by atoms with Crippen LogP contribution >= 0.6 is 0 Å². The number of hydrogen-bond acceptors (Lipinski definition) is 4. The number of halogens is 3. The Morgan fingerprint density at radius 1 is 1.33 bits per heavy atom. The van der Waals surface area contributed by atoms with Gasteiger partial charge in [0.2, 0.25) is 5.91 Å². The van der Waals surface area contributed by atoms with E-state index in [2.05, 4.69) is 15.5 Å². The number of amides is 1. The fraction of sp³-hybridized carbons (Fsp3) is 0.353. The quantitative estimate of drug-likeness (QED) is 0.728. The number of aliphatic hydroxyl groups is 1. The normalized spacial score (nSPS) is 12.6. The molecule has 0 atom stereocenters. The van der Waals surface area contributed by atoms with Crippen molar-refractivity contribution in [1.29, 1.82) is 0 Å². The van der Waals surface area contributed by atoms with Gasteiger partial charge in [-0.1, -0.05) is 0 Å². The molecule has 144 valence electrons. The first-order valence-corrected chi connectivity index (χ1v) is 8.05. The van der Waals surface area contributed by atoms with Crippen molar-refractivity contribution in [2.45, 2.75) is 32.0 Å². The van der Waals surface area contributed by atoms with Gasteiger partial charge in [0, 0.05) is 25.0 Å². The number of carbonyl (C=O) groups is 1. The second-order valence-corrected chi connectivity index (χ2v) is 6.91. The van der Waals surface area contributed by atoms with Crippen molar-refractivity contribution >= 4 is 17.2 Å². The van der Waals surface area contributed by atoms with E-state index < -0.39 is 23.2 Å². The molecule has 3 rings (SSSR count). The molecule has 3 aromatic heterocycles. The summed E-state index contributed by atoms with van der Waals surface area (Å²) in [4.78, 5) is 12.2. The highest BCUT2D eigenvalue weighted by Gasteiger charge is 2.32. The minimum absolute atomic E-state index is 0.0941. The van der Waals surface area contributed by atoms with Gasteiger partial charge in [-0.3, -0.25) is 9.48 Å². The lowest BCUT2D eigenvalue weighted by atomic mass is 10.1. The smallest absolute Gasteiger partial charge is 0.390 e. The molecule has 0 radical (unpaired) electrons. The monoisotopic (exact) mass is 381 g/mol. The molecule has 0 fully saturated rings. The minimum atomic E-state index is -4.51. The summed E-state index contributed by atoms with van der Waals surface area (Å²) >= 11 is 0. The van der Waals surface area contributed by atoms with Gasteiger partial charge in [0.25, 0.3) is 0 Å². The van der Waals surface area contributed by atoms with Crippen molar-refractivity contribution in [1.82, 2.24) is 19.4 Å². The van der Waals surface area contributed by atoms with Crippen LogP contribution in [-0.2, 0) is 18.0 Å². The van der Waals surface area contributed by atoms with Crippen molar-refractivity contribution < 1.29 is 23.1 Å². The summed E-state index contributed by atoms with van der Waals surface area (Å²) in [5.74, 6) is -0.413. The molecule has 0 saturated heterocycles. The van der Waals surface area contributed by atoms with Crippen molar-refractivity contribution in [2.24, 2.45) is 7.05 Å². The second-order valence-electron chi connectivity index (χ2n) is 6.91. The van der Waals surface area contributed by atoms with Gasteiger partial charge in [-0.25, -0.2) is 4.52 Å². The van der Waals surface area contributed by atoms with Gasteiger partial charge in [-0.15, -0.1) is 5.10 Å². The number of nitrogens with zero attached hydrogens (tertiary/aromatic N) is 4. The minimum Gasteiger partial charge on any atom is -0.390 e. The molecule has 3 heterocycles. The molecule has 2 N–H and O–H groups in total. The molecule has 0 saturated carbocycles. The summed E-state index contributed by atoms with van der Waals surface area (Å²) < 4.78 is 42.1. The molecule has 0 aliphatic heterocycles. The average Bonchev–Trinajstić information content (AvgIpc) is 3.06. The van der Waals surface area contributed by atoms with Gasteiger partial charge < -0.3 is 10.4 Å². The molecule has 0 unspecified atom stereocenters. The van der Waals surface area contributed by atoms with E-state index in [4.69, 9.17) is 0 Å². The zero-order chi connectivity index (χ0) is 20.0. The Morgan fingerprint density at radius 3 is 2.59 bits per heavy atom. The molecule has 3 aromatic rings. The lowest BCUT2D eigenvalue weighted by Crippen LogP contribution is -2.27. The number of anilines is 1. The molecule has 0 bridgehead atoms. The lowest BCUT2D eigenvalue weighted by molar-refractivity contribution is -0.137. The number of aromatic nitrogens is 4. The zero-order valence-corrected chi connectivity index (χ0v) is 14.9. The number of pyridine rings is 1. The Balaban J connectivity index is 2.13. The van der Waals surface area contributed by atoms with E-state index in [1.54, 1.807) is 13.2 Å². The summed E-state index contributed by atoms with van der Waals surface area (Å²) in [6, 6.07) is 1.89. The third kappa shape index (κ3) is 4.11. The van der Waals surface area contributed by atoms with E-state index >= 15 is 0 Å². The van der Waals surface area contributed by atoms with Crippen molar-refractivity contribution in [3.05, 3.63) is 36.3 Å². The van der Waals surface area contributed by atoms with Gasteiger partial charge in [-0.05, 0) is 26.0 Å². The van der Waals surface area contributed by atoms with E-state index in [1.165, 1.54) is 35.4 Å². The van der Waals surface area contributed by atoms with Crippen LogP contribution in [0, 0.1) is 0 Å². The summed E-state index contributed by atoms with van der Waals surface area (Å²) in [5, 5.41) is 20.6. The van der Waals surface area contributed by atoms with Crippen molar-refractivity contribution in [2.75, 3.05) is 5.32 Å². The molecule has 0 spiro atoms. The Kier molecular flexibility index (Phi) is 4.46. The van der Waals surface area contributed by atoms with E-state index in [1.807, 2.05) is 0 Å². The molecule has 1 amide bonds. The van der Waals surface area contributed by atoms with Gasteiger partial charge in [0.15, 0.2) is 5.82 Å². The molecule has 27 heavy (non-hydrogen) atoms. The number of fused-ring (bicyclic) bond motifs is 1. The first-order valence-electron chi connectivity index (χ1n) is 8.05. The fourth-order valence-corrected chi connectivity index (χ4v) is 2.71. The summed E-state index contributed by atoms with van der Waals surface area (Å²) in [6.07, 6.45) is -0.431. The number of alkyl halides is 3. The summed E-state index contributed by atoms with van der Waals surface area (Å²) in [5.41, 5.74) is -1.06. The molecular formula is C17H18F3N5O2. The van der Waals surface area contributed by atoms with Crippen LogP contribution in [-0.4, -0.2) is 36.0 Å².